The van der Waals surface area contributed by atoms with E-state index in [9.17, 15) is 4.79 Å². The Morgan fingerprint density at radius 1 is 1.47 bits per heavy atom. The summed E-state index contributed by atoms with van der Waals surface area (Å²) in [7, 11) is 0. The molecular weight excluding hydrogens is 240 g/mol. The van der Waals surface area contributed by atoms with Gasteiger partial charge in [0.15, 0.2) is 0 Å². The zero-order chi connectivity index (χ0) is 13.8. The molecule has 1 aromatic carbocycles. The van der Waals surface area contributed by atoms with Crippen molar-refractivity contribution in [2.24, 2.45) is 5.92 Å². The number of carbonyl (C=O) groups is 1. The SMILES string of the molecule is CCCC1CC1Nc1ccc(N)cc1C(=O)OCC. The third kappa shape index (κ3) is 3.40. The number of nitrogens with two attached hydrogens (primary N) is 1. The van der Waals surface area contributed by atoms with Gasteiger partial charge in [-0.1, -0.05) is 13.3 Å². The standard InChI is InChI=1S/C15H22N2O2/c1-3-5-10-8-14(10)17-13-7-6-11(16)9-12(13)15(18)19-4-2/h6-7,9-10,14,17H,3-5,8,16H2,1-2H3. The van der Waals surface area contributed by atoms with E-state index in [-0.39, 0.29) is 5.97 Å². The lowest BCUT2D eigenvalue weighted by Crippen LogP contribution is -2.12. The van der Waals surface area contributed by atoms with Gasteiger partial charge in [-0.15, -0.1) is 0 Å². The molecule has 0 radical (unpaired) electrons. The Balaban J connectivity index is 2.09. The van der Waals surface area contributed by atoms with E-state index < -0.39 is 0 Å². The van der Waals surface area contributed by atoms with Crippen LogP contribution in [0.1, 0.15) is 43.5 Å². The summed E-state index contributed by atoms with van der Waals surface area (Å²) in [6.07, 6.45) is 3.62. The largest absolute Gasteiger partial charge is 0.462 e. The summed E-state index contributed by atoms with van der Waals surface area (Å²) in [6, 6.07) is 5.83. The van der Waals surface area contributed by atoms with Gasteiger partial charge in [0, 0.05) is 17.4 Å². The predicted octanol–water partition coefficient (Wildman–Crippen LogP) is 3.05. The second-order valence-electron chi connectivity index (χ2n) is 5.06. The first-order valence-electron chi connectivity index (χ1n) is 6.98. The molecule has 104 valence electrons. The molecule has 0 spiro atoms. The van der Waals surface area contributed by atoms with Crippen molar-refractivity contribution in [2.75, 3.05) is 17.7 Å². The summed E-state index contributed by atoms with van der Waals surface area (Å²) in [5.74, 6) is 0.419. The fraction of sp³-hybridized carbons (Fsp3) is 0.533. The molecule has 2 unspecified atom stereocenters. The van der Waals surface area contributed by atoms with Crippen LogP contribution in [0, 0.1) is 5.92 Å². The van der Waals surface area contributed by atoms with Crippen molar-refractivity contribution in [3.8, 4) is 0 Å². The van der Waals surface area contributed by atoms with Crippen molar-refractivity contribution in [1.82, 2.24) is 0 Å². The van der Waals surface area contributed by atoms with E-state index in [0.29, 0.717) is 23.9 Å². The summed E-state index contributed by atoms with van der Waals surface area (Å²) in [6.45, 7) is 4.37. The molecule has 0 heterocycles. The van der Waals surface area contributed by atoms with E-state index in [1.165, 1.54) is 19.3 Å². The molecule has 1 saturated carbocycles. The summed E-state index contributed by atoms with van der Waals surface area (Å²) in [5, 5.41) is 3.43. The third-order valence-electron chi connectivity index (χ3n) is 3.46. The summed E-state index contributed by atoms with van der Waals surface area (Å²) >= 11 is 0. The number of carbonyl (C=O) groups excluding carboxylic acids is 1. The first-order valence-corrected chi connectivity index (χ1v) is 6.98. The lowest BCUT2D eigenvalue weighted by Gasteiger charge is -2.12. The molecule has 1 aliphatic carbocycles. The number of anilines is 2. The molecule has 4 nitrogen and oxygen atoms in total. The van der Waals surface area contributed by atoms with Crippen molar-refractivity contribution in [1.29, 1.82) is 0 Å². The van der Waals surface area contributed by atoms with Gasteiger partial charge in [0.05, 0.1) is 12.2 Å². The van der Waals surface area contributed by atoms with Crippen LogP contribution in [-0.4, -0.2) is 18.6 Å². The maximum Gasteiger partial charge on any atom is 0.340 e. The smallest absolute Gasteiger partial charge is 0.340 e. The molecule has 2 rings (SSSR count). The minimum Gasteiger partial charge on any atom is -0.462 e. The van der Waals surface area contributed by atoms with Crippen molar-refractivity contribution >= 4 is 17.3 Å². The second kappa shape index (κ2) is 5.95. The van der Waals surface area contributed by atoms with E-state index in [4.69, 9.17) is 10.5 Å². The quantitative estimate of drug-likeness (QED) is 0.611. The number of hydrogen-bond donors (Lipinski definition) is 2. The molecule has 0 aromatic heterocycles. The number of ether oxygens (including phenoxy) is 1. The second-order valence-corrected chi connectivity index (χ2v) is 5.06. The van der Waals surface area contributed by atoms with Crippen LogP contribution in [0.2, 0.25) is 0 Å². The number of benzene rings is 1. The fourth-order valence-corrected chi connectivity index (χ4v) is 2.38. The fourth-order valence-electron chi connectivity index (χ4n) is 2.38. The van der Waals surface area contributed by atoms with Crippen LogP contribution in [0.15, 0.2) is 18.2 Å². The van der Waals surface area contributed by atoms with Gasteiger partial charge >= 0.3 is 5.97 Å². The Hall–Kier alpha value is -1.71. The number of rotatable bonds is 6. The van der Waals surface area contributed by atoms with Gasteiger partial charge in [-0.3, -0.25) is 0 Å². The van der Waals surface area contributed by atoms with Crippen LogP contribution >= 0.6 is 0 Å². The summed E-state index contributed by atoms with van der Waals surface area (Å²) < 4.78 is 5.07. The van der Waals surface area contributed by atoms with Gasteiger partial charge in [0.25, 0.3) is 0 Å². The summed E-state index contributed by atoms with van der Waals surface area (Å²) in [5.41, 5.74) is 7.69. The highest BCUT2D eigenvalue weighted by Crippen LogP contribution is 2.38. The van der Waals surface area contributed by atoms with Crippen LogP contribution in [0.5, 0.6) is 0 Å². The highest BCUT2D eigenvalue weighted by molar-refractivity contribution is 5.96. The van der Waals surface area contributed by atoms with Gasteiger partial charge in [-0.05, 0) is 43.9 Å². The van der Waals surface area contributed by atoms with Crippen LogP contribution in [-0.2, 0) is 4.74 Å². The zero-order valence-corrected chi connectivity index (χ0v) is 11.6. The number of hydrogen-bond acceptors (Lipinski definition) is 4. The topological polar surface area (TPSA) is 64.3 Å². The monoisotopic (exact) mass is 262 g/mol. The molecular formula is C15H22N2O2. The van der Waals surface area contributed by atoms with Gasteiger partial charge in [-0.25, -0.2) is 4.79 Å². The molecule has 19 heavy (non-hydrogen) atoms. The minimum absolute atomic E-state index is 0.315. The van der Waals surface area contributed by atoms with Gasteiger partial charge in [0.1, 0.15) is 0 Å². The van der Waals surface area contributed by atoms with Crippen LogP contribution in [0.4, 0.5) is 11.4 Å². The van der Waals surface area contributed by atoms with Crippen LogP contribution in [0.25, 0.3) is 0 Å². The highest BCUT2D eigenvalue weighted by Gasteiger charge is 2.36. The molecule has 3 N–H and O–H groups in total. The van der Waals surface area contributed by atoms with E-state index in [2.05, 4.69) is 12.2 Å². The average molecular weight is 262 g/mol. The molecule has 0 saturated heterocycles. The molecule has 1 aromatic rings. The van der Waals surface area contributed by atoms with E-state index in [1.54, 1.807) is 13.0 Å². The minimum atomic E-state index is -0.315. The van der Waals surface area contributed by atoms with Gasteiger partial charge in [0.2, 0.25) is 0 Å². The maximum atomic E-state index is 11.9. The van der Waals surface area contributed by atoms with Crippen molar-refractivity contribution in [3.63, 3.8) is 0 Å². The normalized spacial score (nSPS) is 20.9. The Morgan fingerprint density at radius 3 is 2.95 bits per heavy atom. The maximum absolute atomic E-state index is 11.9. The third-order valence-corrected chi connectivity index (χ3v) is 3.46. The molecule has 0 amide bonds. The molecule has 1 fully saturated rings. The van der Waals surface area contributed by atoms with Gasteiger partial charge in [-0.2, -0.15) is 0 Å². The number of esters is 1. The number of nitrogen functional groups attached to an aromatic ring is 1. The highest BCUT2D eigenvalue weighted by atomic mass is 16.5. The lowest BCUT2D eigenvalue weighted by atomic mass is 10.1. The first kappa shape index (κ1) is 13.7. The van der Waals surface area contributed by atoms with E-state index >= 15 is 0 Å². The van der Waals surface area contributed by atoms with Crippen LogP contribution in [0.3, 0.4) is 0 Å². The first-order chi connectivity index (χ1) is 9.15. The molecule has 0 bridgehead atoms. The van der Waals surface area contributed by atoms with E-state index in [0.717, 1.165) is 11.6 Å². The van der Waals surface area contributed by atoms with Crippen molar-refractivity contribution in [3.05, 3.63) is 23.8 Å². The zero-order valence-electron chi connectivity index (χ0n) is 11.6. The Kier molecular flexibility index (Phi) is 4.30. The van der Waals surface area contributed by atoms with Crippen LogP contribution < -0.4 is 11.1 Å². The van der Waals surface area contributed by atoms with Gasteiger partial charge < -0.3 is 15.8 Å². The molecule has 2 atom stereocenters. The predicted molar refractivity (Wildman–Crippen MR) is 77.2 cm³/mol. The Morgan fingerprint density at radius 2 is 2.26 bits per heavy atom. The lowest BCUT2D eigenvalue weighted by molar-refractivity contribution is 0.0527. The Bertz CT molecular complexity index is 459. The summed E-state index contributed by atoms with van der Waals surface area (Å²) in [4.78, 5) is 11.9. The molecule has 0 aliphatic heterocycles. The van der Waals surface area contributed by atoms with Crippen molar-refractivity contribution < 1.29 is 9.53 Å². The molecule has 1 aliphatic rings. The molecule has 4 heteroatoms. The van der Waals surface area contributed by atoms with E-state index in [1.807, 2.05) is 12.1 Å². The Labute approximate surface area is 114 Å². The number of nitrogens with one attached hydrogen (secondary N) is 1. The van der Waals surface area contributed by atoms with Crippen molar-refractivity contribution in [2.45, 2.75) is 39.2 Å². The average Bonchev–Trinajstić information content (AvgIpc) is 3.10.